The van der Waals surface area contributed by atoms with Gasteiger partial charge in [-0.1, -0.05) is 33.6 Å². The van der Waals surface area contributed by atoms with E-state index in [0.29, 0.717) is 5.41 Å². The molecular formula is C18H31N3. The molecule has 0 bridgehead atoms. The van der Waals surface area contributed by atoms with Gasteiger partial charge in [0.15, 0.2) is 0 Å². The van der Waals surface area contributed by atoms with E-state index < -0.39 is 0 Å². The van der Waals surface area contributed by atoms with Crippen LogP contribution in [0.4, 0.5) is 0 Å². The Labute approximate surface area is 129 Å². The smallest absolute Gasteiger partial charge is 0.0948 e. The highest BCUT2D eigenvalue weighted by molar-refractivity contribution is 5.17. The minimum atomic E-state index is 0.272. The molecule has 0 radical (unpaired) electrons. The van der Waals surface area contributed by atoms with Gasteiger partial charge in [-0.2, -0.15) is 0 Å². The van der Waals surface area contributed by atoms with E-state index in [0.717, 1.165) is 19.0 Å². The van der Waals surface area contributed by atoms with Crippen molar-refractivity contribution in [1.82, 2.24) is 14.9 Å². The summed E-state index contributed by atoms with van der Waals surface area (Å²) in [5, 5.41) is 3.52. The predicted molar refractivity (Wildman–Crippen MR) is 87.4 cm³/mol. The van der Waals surface area contributed by atoms with Crippen LogP contribution in [0.5, 0.6) is 0 Å². The van der Waals surface area contributed by atoms with Gasteiger partial charge in [0.05, 0.1) is 6.33 Å². The summed E-state index contributed by atoms with van der Waals surface area (Å²) in [6.07, 6.45) is 12.4. The predicted octanol–water partition coefficient (Wildman–Crippen LogP) is 3.74. The van der Waals surface area contributed by atoms with Gasteiger partial charge < -0.3 is 9.88 Å². The van der Waals surface area contributed by atoms with E-state index >= 15 is 0 Å². The summed E-state index contributed by atoms with van der Waals surface area (Å²) in [6.45, 7) is 10.5. The molecule has 1 saturated heterocycles. The minimum Gasteiger partial charge on any atom is -0.333 e. The Hall–Kier alpha value is -0.830. The first-order chi connectivity index (χ1) is 10.0. The van der Waals surface area contributed by atoms with Crippen molar-refractivity contribution in [3.05, 3.63) is 18.2 Å². The molecule has 21 heavy (non-hydrogen) atoms. The Kier molecular flexibility index (Phi) is 4.13. The highest BCUT2D eigenvalue weighted by Gasteiger charge is 2.38. The maximum absolute atomic E-state index is 4.50. The number of nitrogens with zero attached hydrogens (tertiary/aromatic N) is 2. The van der Waals surface area contributed by atoms with Gasteiger partial charge in [0.1, 0.15) is 0 Å². The van der Waals surface area contributed by atoms with Crippen molar-refractivity contribution in [2.45, 2.75) is 71.3 Å². The van der Waals surface area contributed by atoms with Gasteiger partial charge in [-0.3, -0.25) is 0 Å². The molecule has 1 atom stereocenters. The number of hydrogen-bond donors (Lipinski definition) is 1. The molecule has 1 saturated carbocycles. The molecule has 2 heterocycles. The Balaban J connectivity index is 1.82. The summed E-state index contributed by atoms with van der Waals surface area (Å²) in [7, 11) is 0. The van der Waals surface area contributed by atoms with Crippen LogP contribution in [0.1, 0.15) is 65.0 Å². The average molecular weight is 289 g/mol. The van der Waals surface area contributed by atoms with Crippen molar-refractivity contribution < 1.29 is 0 Å². The molecule has 0 spiro atoms. The third kappa shape index (κ3) is 3.03. The molecule has 1 aromatic heterocycles. The molecule has 1 aliphatic heterocycles. The van der Waals surface area contributed by atoms with Crippen molar-refractivity contribution in [2.75, 3.05) is 13.1 Å². The molecule has 2 fully saturated rings. The number of rotatable bonds is 5. The first-order valence-corrected chi connectivity index (χ1v) is 8.74. The molecular weight excluding hydrogens is 258 g/mol. The molecule has 0 amide bonds. The van der Waals surface area contributed by atoms with E-state index in [9.17, 15) is 0 Å². The van der Waals surface area contributed by atoms with E-state index in [1.807, 2.05) is 0 Å². The van der Waals surface area contributed by atoms with Gasteiger partial charge >= 0.3 is 0 Å². The second-order valence-electron chi connectivity index (χ2n) is 8.20. The normalized spacial score (nSPS) is 28.6. The van der Waals surface area contributed by atoms with E-state index in [2.05, 4.69) is 48.2 Å². The van der Waals surface area contributed by atoms with Crippen LogP contribution in [0, 0.1) is 11.3 Å². The second kappa shape index (κ2) is 5.75. The summed E-state index contributed by atoms with van der Waals surface area (Å²) >= 11 is 0. The topological polar surface area (TPSA) is 29.9 Å². The Bertz CT molecular complexity index is 463. The lowest BCUT2D eigenvalue weighted by Crippen LogP contribution is -2.32. The molecule has 1 unspecified atom stereocenters. The minimum absolute atomic E-state index is 0.272. The van der Waals surface area contributed by atoms with Crippen molar-refractivity contribution >= 4 is 0 Å². The number of hydrogen-bond acceptors (Lipinski definition) is 2. The fourth-order valence-electron chi connectivity index (χ4n) is 4.76. The highest BCUT2D eigenvalue weighted by atomic mass is 15.1. The van der Waals surface area contributed by atoms with E-state index in [1.165, 1.54) is 50.8 Å². The zero-order valence-electron chi connectivity index (χ0n) is 14.0. The first-order valence-electron chi connectivity index (χ1n) is 8.74. The molecule has 1 aromatic rings. The maximum atomic E-state index is 4.50. The van der Waals surface area contributed by atoms with Gasteiger partial charge in [0.2, 0.25) is 0 Å². The summed E-state index contributed by atoms with van der Waals surface area (Å²) in [5.41, 5.74) is 2.24. The zero-order valence-corrected chi connectivity index (χ0v) is 14.0. The molecule has 118 valence electrons. The van der Waals surface area contributed by atoms with Crippen molar-refractivity contribution in [1.29, 1.82) is 0 Å². The summed E-state index contributed by atoms with van der Waals surface area (Å²) < 4.78 is 2.49. The monoisotopic (exact) mass is 289 g/mol. The van der Waals surface area contributed by atoms with Crippen LogP contribution in [0.25, 0.3) is 0 Å². The van der Waals surface area contributed by atoms with Crippen LogP contribution >= 0.6 is 0 Å². The largest absolute Gasteiger partial charge is 0.333 e. The Morgan fingerprint density at radius 3 is 2.67 bits per heavy atom. The molecule has 3 heteroatoms. The Morgan fingerprint density at radius 1 is 1.29 bits per heavy atom. The summed E-state index contributed by atoms with van der Waals surface area (Å²) in [4.78, 5) is 4.50. The van der Waals surface area contributed by atoms with E-state index in [1.54, 1.807) is 0 Å². The van der Waals surface area contributed by atoms with Crippen LogP contribution in [0.3, 0.4) is 0 Å². The zero-order chi connectivity index (χ0) is 14.9. The average Bonchev–Trinajstić information content (AvgIpc) is 3.11. The Morgan fingerprint density at radius 2 is 2.05 bits per heavy atom. The van der Waals surface area contributed by atoms with Gasteiger partial charge in [-0.05, 0) is 43.6 Å². The summed E-state index contributed by atoms with van der Waals surface area (Å²) in [6, 6.07) is 0. The standard InChI is InChI=1S/C18H31N3/c1-15(2)10-18(6-4-5-7-18)13-21-14-20-11-16(21)17(3)8-9-19-12-17/h11,14-15,19H,4-10,12-13H2,1-3H3. The number of nitrogens with one attached hydrogen (secondary N) is 1. The highest BCUT2D eigenvalue weighted by Crippen LogP contribution is 2.45. The first kappa shape index (κ1) is 15.1. The fourth-order valence-corrected chi connectivity index (χ4v) is 4.76. The molecule has 0 aromatic carbocycles. The van der Waals surface area contributed by atoms with Crippen molar-refractivity contribution in [3.63, 3.8) is 0 Å². The van der Waals surface area contributed by atoms with E-state index in [4.69, 9.17) is 0 Å². The molecule has 3 rings (SSSR count). The van der Waals surface area contributed by atoms with E-state index in [-0.39, 0.29) is 5.41 Å². The quantitative estimate of drug-likeness (QED) is 0.895. The SMILES string of the molecule is CC(C)CC1(Cn2cncc2C2(C)CCNC2)CCCC1. The summed E-state index contributed by atoms with van der Waals surface area (Å²) in [5.74, 6) is 0.791. The van der Waals surface area contributed by atoms with Crippen molar-refractivity contribution in [3.8, 4) is 0 Å². The number of aromatic nitrogens is 2. The van der Waals surface area contributed by atoms with Gasteiger partial charge in [-0.15, -0.1) is 0 Å². The number of imidazole rings is 1. The van der Waals surface area contributed by atoms with Gasteiger partial charge in [0, 0.05) is 30.4 Å². The maximum Gasteiger partial charge on any atom is 0.0948 e. The molecule has 3 nitrogen and oxygen atoms in total. The fraction of sp³-hybridized carbons (Fsp3) is 0.833. The van der Waals surface area contributed by atoms with Crippen molar-refractivity contribution in [2.24, 2.45) is 11.3 Å². The van der Waals surface area contributed by atoms with Crippen LogP contribution in [0.15, 0.2) is 12.5 Å². The van der Waals surface area contributed by atoms with Crippen LogP contribution in [-0.2, 0) is 12.0 Å². The molecule has 2 aliphatic rings. The lowest BCUT2D eigenvalue weighted by atomic mass is 9.78. The van der Waals surface area contributed by atoms with Gasteiger partial charge in [0.25, 0.3) is 0 Å². The molecule has 1 N–H and O–H groups in total. The van der Waals surface area contributed by atoms with Crippen LogP contribution in [0.2, 0.25) is 0 Å². The van der Waals surface area contributed by atoms with Crippen LogP contribution in [-0.4, -0.2) is 22.6 Å². The molecule has 1 aliphatic carbocycles. The second-order valence-corrected chi connectivity index (χ2v) is 8.20. The lowest BCUT2D eigenvalue weighted by molar-refractivity contribution is 0.192. The third-order valence-electron chi connectivity index (χ3n) is 5.71. The lowest BCUT2D eigenvalue weighted by Gasteiger charge is -2.34. The van der Waals surface area contributed by atoms with Gasteiger partial charge in [-0.25, -0.2) is 4.98 Å². The third-order valence-corrected chi connectivity index (χ3v) is 5.71. The van der Waals surface area contributed by atoms with Crippen LogP contribution < -0.4 is 5.32 Å².